The minimum absolute atomic E-state index is 0.121. The molecule has 4 heteroatoms. The van der Waals surface area contributed by atoms with Crippen molar-refractivity contribution in [2.45, 2.75) is 12.5 Å². The molecule has 0 saturated carbocycles. The van der Waals surface area contributed by atoms with E-state index < -0.39 is 12.0 Å². The number of halogens is 1. The zero-order valence-electron chi connectivity index (χ0n) is 6.90. The molecule has 0 aliphatic carbocycles. The topological polar surface area (TPSA) is 63.3 Å². The van der Waals surface area contributed by atoms with Crippen molar-refractivity contribution in [2.75, 3.05) is 0 Å². The summed E-state index contributed by atoms with van der Waals surface area (Å²) in [6.45, 7) is 0. The van der Waals surface area contributed by atoms with E-state index in [2.05, 4.69) is 0 Å². The highest BCUT2D eigenvalue weighted by atomic mass is 19.1. The molecule has 13 heavy (non-hydrogen) atoms. The molecule has 0 saturated heterocycles. The Morgan fingerprint density at radius 1 is 1.46 bits per heavy atom. The first-order valence-electron chi connectivity index (χ1n) is 3.81. The third-order valence-corrected chi connectivity index (χ3v) is 1.67. The highest BCUT2D eigenvalue weighted by Crippen LogP contribution is 2.05. The molecule has 1 amide bonds. The normalized spacial score (nSPS) is 12.5. The molecule has 0 bridgehead atoms. The summed E-state index contributed by atoms with van der Waals surface area (Å²) in [5.41, 5.74) is 5.52. The maximum absolute atomic E-state index is 12.4. The second-order valence-electron chi connectivity index (χ2n) is 2.75. The molecular formula is C9H10FNO2. The van der Waals surface area contributed by atoms with Gasteiger partial charge in [-0.3, -0.25) is 4.79 Å². The monoisotopic (exact) mass is 183 g/mol. The Morgan fingerprint density at radius 2 is 2.00 bits per heavy atom. The van der Waals surface area contributed by atoms with Gasteiger partial charge in [-0.05, 0) is 17.7 Å². The smallest absolute Gasteiger partial charge is 0.246 e. The average molecular weight is 183 g/mol. The Bertz CT molecular complexity index is 297. The van der Waals surface area contributed by atoms with Gasteiger partial charge in [0.1, 0.15) is 11.9 Å². The summed E-state index contributed by atoms with van der Waals surface area (Å²) < 4.78 is 12.4. The van der Waals surface area contributed by atoms with Gasteiger partial charge in [-0.1, -0.05) is 12.1 Å². The van der Waals surface area contributed by atoms with Gasteiger partial charge < -0.3 is 10.8 Å². The van der Waals surface area contributed by atoms with Crippen LogP contribution in [0.1, 0.15) is 5.56 Å². The zero-order chi connectivity index (χ0) is 9.84. The molecule has 0 fully saturated rings. The van der Waals surface area contributed by atoms with Crippen molar-refractivity contribution in [1.29, 1.82) is 0 Å². The van der Waals surface area contributed by atoms with E-state index in [0.29, 0.717) is 5.56 Å². The molecule has 1 aromatic carbocycles. The minimum Gasteiger partial charge on any atom is -0.383 e. The SMILES string of the molecule is NC(=O)C(O)Cc1ccc(F)cc1. The van der Waals surface area contributed by atoms with Crippen LogP contribution in [0, 0.1) is 5.82 Å². The van der Waals surface area contributed by atoms with Crippen LogP contribution in [0.25, 0.3) is 0 Å². The number of aliphatic hydroxyl groups excluding tert-OH is 1. The van der Waals surface area contributed by atoms with Crippen LogP contribution in [0.2, 0.25) is 0 Å². The number of carbonyl (C=O) groups is 1. The van der Waals surface area contributed by atoms with E-state index in [0.717, 1.165) is 0 Å². The average Bonchev–Trinajstić information content (AvgIpc) is 2.08. The number of benzene rings is 1. The van der Waals surface area contributed by atoms with Gasteiger partial charge in [0.15, 0.2) is 0 Å². The number of rotatable bonds is 3. The maximum Gasteiger partial charge on any atom is 0.246 e. The van der Waals surface area contributed by atoms with Crippen LogP contribution in [0.3, 0.4) is 0 Å². The van der Waals surface area contributed by atoms with Gasteiger partial charge in [-0.15, -0.1) is 0 Å². The summed E-state index contributed by atoms with van der Waals surface area (Å²) in [6, 6.07) is 5.54. The van der Waals surface area contributed by atoms with Crippen LogP contribution in [0.4, 0.5) is 4.39 Å². The van der Waals surface area contributed by atoms with Crippen LogP contribution >= 0.6 is 0 Å². The molecule has 1 aromatic rings. The molecule has 0 radical (unpaired) electrons. The van der Waals surface area contributed by atoms with E-state index in [-0.39, 0.29) is 12.2 Å². The number of primary amides is 1. The molecular weight excluding hydrogens is 173 g/mol. The molecule has 0 aromatic heterocycles. The number of hydrogen-bond donors (Lipinski definition) is 2. The summed E-state index contributed by atoms with van der Waals surface area (Å²) in [6.07, 6.45) is -1.08. The Labute approximate surface area is 75.0 Å². The van der Waals surface area contributed by atoms with Crippen molar-refractivity contribution in [2.24, 2.45) is 5.73 Å². The predicted octanol–water partition coefficient (Wildman–Crippen LogP) is 0.214. The maximum atomic E-state index is 12.4. The number of nitrogens with two attached hydrogens (primary N) is 1. The molecule has 1 atom stereocenters. The third-order valence-electron chi connectivity index (χ3n) is 1.67. The number of amides is 1. The zero-order valence-corrected chi connectivity index (χ0v) is 6.90. The summed E-state index contributed by atoms with van der Waals surface area (Å²) in [4.78, 5) is 10.5. The molecule has 0 spiro atoms. The van der Waals surface area contributed by atoms with Crippen molar-refractivity contribution in [3.8, 4) is 0 Å². The molecule has 1 unspecified atom stereocenters. The van der Waals surface area contributed by atoms with Gasteiger partial charge in [0.05, 0.1) is 0 Å². The Morgan fingerprint density at radius 3 is 2.46 bits per heavy atom. The number of carbonyl (C=O) groups excluding carboxylic acids is 1. The van der Waals surface area contributed by atoms with Crippen LogP contribution < -0.4 is 5.73 Å². The Kier molecular flexibility index (Phi) is 2.97. The fourth-order valence-corrected chi connectivity index (χ4v) is 0.944. The van der Waals surface area contributed by atoms with Crippen LogP contribution in [0.15, 0.2) is 24.3 Å². The van der Waals surface area contributed by atoms with Crippen molar-refractivity contribution in [3.63, 3.8) is 0 Å². The summed E-state index contributed by atoms with van der Waals surface area (Å²) in [5, 5.41) is 9.08. The first-order chi connectivity index (χ1) is 6.09. The highest BCUT2D eigenvalue weighted by molar-refractivity contribution is 5.78. The van der Waals surface area contributed by atoms with Gasteiger partial charge in [-0.2, -0.15) is 0 Å². The lowest BCUT2D eigenvalue weighted by Gasteiger charge is -2.05. The molecule has 3 nitrogen and oxygen atoms in total. The standard InChI is InChI=1S/C9H10FNO2/c10-7-3-1-6(2-4-7)5-8(12)9(11)13/h1-4,8,12H,5H2,(H2,11,13). The van der Waals surface area contributed by atoms with Crippen LogP contribution in [0.5, 0.6) is 0 Å². The molecule has 1 rings (SSSR count). The van der Waals surface area contributed by atoms with E-state index >= 15 is 0 Å². The lowest BCUT2D eigenvalue weighted by Crippen LogP contribution is -2.29. The first kappa shape index (κ1) is 9.67. The van der Waals surface area contributed by atoms with Gasteiger partial charge in [0, 0.05) is 6.42 Å². The Hall–Kier alpha value is -1.42. The second-order valence-corrected chi connectivity index (χ2v) is 2.75. The van der Waals surface area contributed by atoms with E-state index in [9.17, 15) is 9.18 Å². The van der Waals surface area contributed by atoms with Crippen LogP contribution in [-0.2, 0) is 11.2 Å². The van der Waals surface area contributed by atoms with Gasteiger partial charge in [-0.25, -0.2) is 4.39 Å². The van der Waals surface area contributed by atoms with Gasteiger partial charge >= 0.3 is 0 Å². The second kappa shape index (κ2) is 4.00. The summed E-state index contributed by atoms with van der Waals surface area (Å²) in [5.74, 6) is -1.12. The van der Waals surface area contributed by atoms with E-state index in [1.54, 1.807) is 0 Å². The summed E-state index contributed by atoms with van der Waals surface area (Å²) in [7, 11) is 0. The lowest BCUT2D eigenvalue weighted by molar-refractivity contribution is -0.125. The Balaban J connectivity index is 2.64. The lowest BCUT2D eigenvalue weighted by atomic mass is 10.1. The van der Waals surface area contributed by atoms with Gasteiger partial charge in [0.25, 0.3) is 0 Å². The van der Waals surface area contributed by atoms with Gasteiger partial charge in [0.2, 0.25) is 5.91 Å². The molecule has 0 aliphatic heterocycles. The molecule has 3 N–H and O–H groups in total. The quantitative estimate of drug-likeness (QED) is 0.703. The molecule has 0 aliphatic rings. The largest absolute Gasteiger partial charge is 0.383 e. The first-order valence-corrected chi connectivity index (χ1v) is 3.81. The predicted molar refractivity (Wildman–Crippen MR) is 45.3 cm³/mol. The molecule has 70 valence electrons. The minimum atomic E-state index is -1.20. The van der Waals surface area contributed by atoms with Crippen molar-refractivity contribution in [3.05, 3.63) is 35.6 Å². The van der Waals surface area contributed by atoms with Crippen LogP contribution in [-0.4, -0.2) is 17.1 Å². The number of hydrogen-bond acceptors (Lipinski definition) is 2. The fraction of sp³-hybridized carbons (Fsp3) is 0.222. The van der Waals surface area contributed by atoms with Crippen molar-refractivity contribution in [1.82, 2.24) is 0 Å². The summed E-state index contributed by atoms with van der Waals surface area (Å²) >= 11 is 0. The molecule has 0 heterocycles. The third kappa shape index (κ3) is 2.83. The number of aliphatic hydroxyl groups is 1. The van der Waals surface area contributed by atoms with Crippen molar-refractivity contribution >= 4 is 5.91 Å². The van der Waals surface area contributed by atoms with E-state index in [1.807, 2.05) is 0 Å². The fourth-order valence-electron chi connectivity index (χ4n) is 0.944. The van der Waals surface area contributed by atoms with E-state index in [1.165, 1.54) is 24.3 Å². The van der Waals surface area contributed by atoms with Crippen molar-refractivity contribution < 1.29 is 14.3 Å². The van der Waals surface area contributed by atoms with E-state index in [4.69, 9.17) is 10.8 Å². The highest BCUT2D eigenvalue weighted by Gasteiger charge is 2.10.